The van der Waals surface area contributed by atoms with Gasteiger partial charge in [-0.1, -0.05) is 29.8 Å². The molecule has 1 saturated carbocycles. The quantitative estimate of drug-likeness (QED) is 0.809. The van der Waals surface area contributed by atoms with E-state index in [4.69, 9.17) is 23.2 Å². The molecule has 0 spiro atoms. The molecule has 0 amide bonds. The van der Waals surface area contributed by atoms with Crippen LogP contribution in [0.5, 0.6) is 0 Å². The number of rotatable bonds is 4. The van der Waals surface area contributed by atoms with Gasteiger partial charge in [0.25, 0.3) is 0 Å². The summed E-state index contributed by atoms with van der Waals surface area (Å²) < 4.78 is 0. The summed E-state index contributed by atoms with van der Waals surface area (Å²) in [6.45, 7) is 1.90. The smallest absolute Gasteiger partial charge is 0.0450 e. The van der Waals surface area contributed by atoms with Gasteiger partial charge in [0.05, 0.1) is 0 Å². The molecule has 0 aliphatic heterocycles. The molecular weight excluding hydrogens is 241 g/mol. The lowest BCUT2D eigenvalue weighted by Gasteiger charge is -2.11. The predicted octanol–water partition coefficient (Wildman–Crippen LogP) is 3.84. The van der Waals surface area contributed by atoms with Crippen LogP contribution in [0.2, 0.25) is 5.02 Å². The van der Waals surface area contributed by atoms with Crippen molar-refractivity contribution in [3.8, 4) is 0 Å². The number of hydrogen-bond acceptors (Lipinski definition) is 1. The number of benzene rings is 1. The van der Waals surface area contributed by atoms with Crippen molar-refractivity contribution in [1.82, 2.24) is 5.32 Å². The minimum atomic E-state index is 0.395. The molecular formula is C13H17Cl2N. The molecule has 0 aromatic heterocycles. The molecule has 1 aromatic carbocycles. The van der Waals surface area contributed by atoms with Crippen LogP contribution in [-0.4, -0.2) is 11.9 Å². The Morgan fingerprint density at radius 2 is 2.06 bits per heavy atom. The fourth-order valence-corrected chi connectivity index (χ4v) is 2.83. The molecule has 0 bridgehead atoms. The van der Waals surface area contributed by atoms with Gasteiger partial charge in [-0.05, 0) is 43.4 Å². The van der Waals surface area contributed by atoms with Crippen molar-refractivity contribution in [3.05, 3.63) is 34.9 Å². The number of hydrogen-bond donors (Lipinski definition) is 1. The fraction of sp³-hybridized carbons (Fsp3) is 0.538. The Kier molecular flexibility index (Phi) is 4.51. The standard InChI is InChI=1S/C13H17Cl2N/c14-12-6-5-10(7-12)8-16-9-11-3-1-2-4-13(11)15/h1-4,10,12,16H,5-9H2. The van der Waals surface area contributed by atoms with E-state index >= 15 is 0 Å². The lowest BCUT2D eigenvalue weighted by Crippen LogP contribution is -2.21. The van der Waals surface area contributed by atoms with Crippen LogP contribution in [0.25, 0.3) is 0 Å². The Balaban J connectivity index is 1.74. The molecule has 3 heteroatoms. The molecule has 1 nitrogen and oxygen atoms in total. The summed E-state index contributed by atoms with van der Waals surface area (Å²) >= 11 is 12.2. The van der Waals surface area contributed by atoms with Crippen molar-refractivity contribution in [3.63, 3.8) is 0 Å². The molecule has 1 aliphatic rings. The van der Waals surface area contributed by atoms with Gasteiger partial charge in [-0.15, -0.1) is 11.6 Å². The first-order valence-corrected chi connectivity index (χ1v) is 6.65. The van der Waals surface area contributed by atoms with E-state index in [-0.39, 0.29) is 0 Å². The van der Waals surface area contributed by atoms with Crippen LogP contribution in [0.4, 0.5) is 0 Å². The summed E-state index contributed by atoms with van der Waals surface area (Å²) in [5.41, 5.74) is 1.17. The van der Waals surface area contributed by atoms with Crippen molar-refractivity contribution in [2.75, 3.05) is 6.54 Å². The number of halogens is 2. The van der Waals surface area contributed by atoms with Gasteiger partial charge in [0, 0.05) is 16.9 Å². The topological polar surface area (TPSA) is 12.0 Å². The molecule has 1 N–H and O–H groups in total. The zero-order valence-electron chi connectivity index (χ0n) is 9.26. The molecule has 0 radical (unpaired) electrons. The Hall–Kier alpha value is -0.240. The van der Waals surface area contributed by atoms with Crippen molar-refractivity contribution >= 4 is 23.2 Å². The van der Waals surface area contributed by atoms with E-state index in [2.05, 4.69) is 11.4 Å². The highest BCUT2D eigenvalue weighted by molar-refractivity contribution is 6.31. The first-order chi connectivity index (χ1) is 7.75. The third-order valence-corrected chi connectivity index (χ3v) is 3.95. The van der Waals surface area contributed by atoms with Gasteiger partial charge < -0.3 is 5.32 Å². The molecule has 1 aliphatic carbocycles. The minimum absolute atomic E-state index is 0.395. The van der Waals surface area contributed by atoms with E-state index in [1.807, 2.05) is 18.2 Å². The lowest BCUT2D eigenvalue weighted by molar-refractivity contribution is 0.490. The average molecular weight is 258 g/mol. The summed E-state index contributed by atoms with van der Waals surface area (Å²) in [5, 5.41) is 4.70. The van der Waals surface area contributed by atoms with Gasteiger partial charge in [0.1, 0.15) is 0 Å². The van der Waals surface area contributed by atoms with Gasteiger partial charge in [0.2, 0.25) is 0 Å². The van der Waals surface area contributed by atoms with Crippen LogP contribution in [0, 0.1) is 5.92 Å². The Labute approximate surface area is 107 Å². The van der Waals surface area contributed by atoms with Gasteiger partial charge in [-0.25, -0.2) is 0 Å². The molecule has 16 heavy (non-hydrogen) atoms. The van der Waals surface area contributed by atoms with Crippen LogP contribution in [-0.2, 0) is 6.54 Å². The van der Waals surface area contributed by atoms with Gasteiger partial charge in [-0.3, -0.25) is 0 Å². The summed E-state index contributed by atoms with van der Waals surface area (Å²) in [7, 11) is 0. The molecule has 0 heterocycles. The Bertz CT molecular complexity index is 340. The second-order valence-corrected chi connectivity index (χ2v) is 5.52. The van der Waals surface area contributed by atoms with E-state index in [1.165, 1.54) is 18.4 Å². The van der Waals surface area contributed by atoms with Crippen molar-refractivity contribution in [1.29, 1.82) is 0 Å². The lowest BCUT2D eigenvalue weighted by atomic mass is 10.1. The monoisotopic (exact) mass is 257 g/mol. The largest absolute Gasteiger partial charge is 0.312 e. The van der Waals surface area contributed by atoms with Crippen LogP contribution < -0.4 is 5.32 Å². The predicted molar refractivity (Wildman–Crippen MR) is 70.1 cm³/mol. The minimum Gasteiger partial charge on any atom is -0.312 e. The van der Waals surface area contributed by atoms with E-state index < -0.39 is 0 Å². The van der Waals surface area contributed by atoms with Crippen molar-refractivity contribution in [2.45, 2.75) is 31.2 Å². The third kappa shape index (κ3) is 3.38. The highest BCUT2D eigenvalue weighted by Crippen LogP contribution is 2.28. The molecule has 2 rings (SSSR count). The molecule has 88 valence electrons. The molecule has 2 unspecified atom stereocenters. The van der Waals surface area contributed by atoms with Crippen LogP contribution in [0.15, 0.2) is 24.3 Å². The fourth-order valence-electron chi connectivity index (χ4n) is 2.25. The Morgan fingerprint density at radius 3 is 2.75 bits per heavy atom. The Morgan fingerprint density at radius 1 is 1.25 bits per heavy atom. The molecule has 0 saturated heterocycles. The number of alkyl halides is 1. The van der Waals surface area contributed by atoms with Gasteiger partial charge >= 0.3 is 0 Å². The number of nitrogens with one attached hydrogen (secondary N) is 1. The zero-order chi connectivity index (χ0) is 11.4. The second-order valence-electron chi connectivity index (χ2n) is 4.50. The average Bonchev–Trinajstić information content (AvgIpc) is 2.67. The molecule has 1 aromatic rings. The maximum Gasteiger partial charge on any atom is 0.0450 e. The van der Waals surface area contributed by atoms with Gasteiger partial charge in [-0.2, -0.15) is 0 Å². The summed E-state index contributed by atoms with van der Waals surface area (Å²) in [4.78, 5) is 0. The maximum absolute atomic E-state index is 6.08. The molecule has 1 fully saturated rings. The van der Waals surface area contributed by atoms with E-state index in [9.17, 15) is 0 Å². The third-order valence-electron chi connectivity index (χ3n) is 3.18. The summed E-state index contributed by atoms with van der Waals surface area (Å²) in [6.07, 6.45) is 3.57. The summed E-state index contributed by atoms with van der Waals surface area (Å²) in [5.74, 6) is 0.741. The van der Waals surface area contributed by atoms with Crippen LogP contribution in [0.3, 0.4) is 0 Å². The normalized spacial score (nSPS) is 24.9. The highest BCUT2D eigenvalue weighted by Gasteiger charge is 2.22. The van der Waals surface area contributed by atoms with Crippen molar-refractivity contribution in [2.24, 2.45) is 5.92 Å². The highest BCUT2D eigenvalue weighted by atomic mass is 35.5. The zero-order valence-corrected chi connectivity index (χ0v) is 10.8. The van der Waals surface area contributed by atoms with Crippen LogP contribution >= 0.6 is 23.2 Å². The van der Waals surface area contributed by atoms with Crippen molar-refractivity contribution < 1.29 is 0 Å². The SMILES string of the molecule is Clc1ccccc1CNCC1CCC(Cl)C1. The second kappa shape index (κ2) is 5.90. The van der Waals surface area contributed by atoms with E-state index in [0.29, 0.717) is 5.38 Å². The first-order valence-electron chi connectivity index (χ1n) is 5.84. The van der Waals surface area contributed by atoms with Gasteiger partial charge in [0.15, 0.2) is 0 Å². The van der Waals surface area contributed by atoms with Crippen LogP contribution in [0.1, 0.15) is 24.8 Å². The first kappa shape index (κ1) is 12.2. The van der Waals surface area contributed by atoms with E-state index in [1.54, 1.807) is 0 Å². The molecule has 2 atom stereocenters. The maximum atomic E-state index is 6.08. The summed E-state index contributed by atoms with van der Waals surface area (Å²) in [6, 6.07) is 7.98. The van der Waals surface area contributed by atoms with E-state index in [0.717, 1.165) is 30.5 Å².